The quantitative estimate of drug-likeness (QED) is 0.637. The van der Waals surface area contributed by atoms with E-state index < -0.39 is 0 Å². The number of carbonyl (C=O) groups is 2. The Kier molecular flexibility index (Phi) is 4.92. The highest BCUT2D eigenvalue weighted by molar-refractivity contribution is 5.96. The summed E-state index contributed by atoms with van der Waals surface area (Å²) in [6.07, 6.45) is 5.42. The molecule has 8 heteroatoms. The average Bonchev–Trinajstić information content (AvgIpc) is 3.20. The Hall–Kier alpha value is -3.81. The summed E-state index contributed by atoms with van der Waals surface area (Å²) in [6.45, 7) is 1.10. The normalized spacial score (nSPS) is 12.5. The molecule has 28 heavy (non-hydrogen) atoms. The Morgan fingerprint density at radius 3 is 2.96 bits per heavy atom. The Balaban J connectivity index is 1.33. The molecule has 1 aliphatic heterocycles. The maximum atomic E-state index is 12.2. The van der Waals surface area contributed by atoms with Crippen molar-refractivity contribution < 1.29 is 14.3 Å². The molecule has 3 N–H and O–H groups in total. The van der Waals surface area contributed by atoms with Gasteiger partial charge in [-0.1, -0.05) is 24.3 Å². The Bertz CT molecular complexity index is 1000. The molecule has 0 atom stereocenters. The zero-order valence-electron chi connectivity index (χ0n) is 15.0. The molecule has 1 aromatic heterocycles. The molecule has 142 valence electrons. The number of fused-ring (bicyclic) bond motifs is 1. The second kappa shape index (κ2) is 7.83. The fraction of sp³-hybridized carbons (Fsp3) is 0.150. The zero-order valence-corrected chi connectivity index (χ0v) is 15.0. The fourth-order valence-corrected chi connectivity index (χ4v) is 2.94. The number of amides is 3. The standard InChI is InChI=1S/C20H19N5O3/c26-19-12-28-18-9-16(4-5-17(18)24-19)23-20(27)22-10-14-2-1-3-15(8-14)11-25-7-6-21-13-25/h1-9,13H,10-12H2,(H,24,26)(H2,22,23,27). The van der Waals surface area contributed by atoms with E-state index in [1.807, 2.05) is 29.0 Å². The number of rotatable bonds is 5. The Morgan fingerprint density at radius 2 is 2.11 bits per heavy atom. The van der Waals surface area contributed by atoms with E-state index >= 15 is 0 Å². The number of benzene rings is 2. The van der Waals surface area contributed by atoms with Crippen molar-refractivity contribution in [3.05, 3.63) is 72.3 Å². The van der Waals surface area contributed by atoms with Crippen LogP contribution in [0.5, 0.6) is 5.75 Å². The first-order valence-corrected chi connectivity index (χ1v) is 8.81. The van der Waals surface area contributed by atoms with Gasteiger partial charge in [-0.15, -0.1) is 0 Å². The number of urea groups is 1. The summed E-state index contributed by atoms with van der Waals surface area (Å²) in [6, 6.07) is 12.8. The number of aromatic nitrogens is 2. The number of imidazole rings is 1. The molecular weight excluding hydrogens is 358 g/mol. The van der Waals surface area contributed by atoms with Crippen molar-refractivity contribution >= 4 is 23.3 Å². The first-order valence-electron chi connectivity index (χ1n) is 8.81. The molecule has 3 aromatic rings. The first-order chi connectivity index (χ1) is 13.7. The summed E-state index contributed by atoms with van der Waals surface area (Å²) < 4.78 is 7.34. The third kappa shape index (κ3) is 4.29. The van der Waals surface area contributed by atoms with E-state index in [1.54, 1.807) is 30.7 Å². The number of anilines is 2. The van der Waals surface area contributed by atoms with Crippen LogP contribution in [-0.2, 0) is 17.9 Å². The van der Waals surface area contributed by atoms with Crippen molar-refractivity contribution in [1.29, 1.82) is 0 Å². The van der Waals surface area contributed by atoms with Crippen molar-refractivity contribution in [2.24, 2.45) is 0 Å². The van der Waals surface area contributed by atoms with E-state index in [-0.39, 0.29) is 18.5 Å². The van der Waals surface area contributed by atoms with Crippen molar-refractivity contribution in [1.82, 2.24) is 14.9 Å². The lowest BCUT2D eigenvalue weighted by Gasteiger charge is -2.18. The smallest absolute Gasteiger partial charge is 0.319 e. The van der Waals surface area contributed by atoms with E-state index in [0.29, 0.717) is 23.7 Å². The van der Waals surface area contributed by atoms with Gasteiger partial charge >= 0.3 is 6.03 Å². The highest BCUT2D eigenvalue weighted by Gasteiger charge is 2.16. The lowest BCUT2D eigenvalue weighted by atomic mass is 10.1. The second-order valence-electron chi connectivity index (χ2n) is 6.41. The summed E-state index contributed by atoms with van der Waals surface area (Å²) in [5.41, 5.74) is 3.31. The minimum atomic E-state index is -0.320. The minimum Gasteiger partial charge on any atom is -0.482 e. The van der Waals surface area contributed by atoms with Crippen molar-refractivity contribution in [2.45, 2.75) is 13.1 Å². The number of nitrogens with zero attached hydrogens (tertiary/aromatic N) is 2. The van der Waals surface area contributed by atoms with Crippen LogP contribution in [0.25, 0.3) is 0 Å². The van der Waals surface area contributed by atoms with E-state index in [9.17, 15) is 9.59 Å². The van der Waals surface area contributed by atoms with Gasteiger partial charge in [-0.3, -0.25) is 4.79 Å². The molecule has 0 radical (unpaired) electrons. The molecule has 0 fully saturated rings. The summed E-state index contributed by atoms with van der Waals surface area (Å²) in [5.74, 6) is 0.339. The lowest BCUT2D eigenvalue weighted by Crippen LogP contribution is -2.28. The third-order valence-corrected chi connectivity index (χ3v) is 4.24. The molecule has 0 bridgehead atoms. The molecular formula is C20H19N5O3. The Labute approximate surface area is 161 Å². The van der Waals surface area contributed by atoms with Crippen LogP contribution in [-0.4, -0.2) is 28.1 Å². The summed E-state index contributed by atoms with van der Waals surface area (Å²) >= 11 is 0. The molecule has 2 heterocycles. The van der Waals surface area contributed by atoms with Crippen LogP contribution in [0.1, 0.15) is 11.1 Å². The molecule has 0 spiro atoms. The van der Waals surface area contributed by atoms with Crippen LogP contribution in [0, 0.1) is 0 Å². The topological polar surface area (TPSA) is 97.3 Å². The number of carbonyl (C=O) groups excluding carboxylic acids is 2. The highest BCUT2D eigenvalue weighted by atomic mass is 16.5. The van der Waals surface area contributed by atoms with Gasteiger partial charge < -0.3 is 25.3 Å². The SMILES string of the molecule is O=C1COc2cc(NC(=O)NCc3cccc(Cn4ccnc4)c3)ccc2N1. The molecule has 0 aliphatic carbocycles. The van der Waals surface area contributed by atoms with E-state index in [2.05, 4.69) is 27.0 Å². The van der Waals surface area contributed by atoms with E-state index in [1.165, 1.54) is 0 Å². The predicted molar refractivity (Wildman–Crippen MR) is 104 cm³/mol. The number of nitrogens with one attached hydrogen (secondary N) is 3. The summed E-state index contributed by atoms with van der Waals surface area (Å²) in [4.78, 5) is 27.5. The van der Waals surface area contributed by atoms with Crippen LogP contribution in [0.3, 0.4) is 0 Å². The average molecular weight is 377 g/mol. The zero-order chi connectivity index (χ0) is 19.3. The van der Waals surface area contributed by atoms with Gasteiger partial charge in [0.05, 0.1) is 12.0 Å². The van der Waals surface area contributed by atoms with Gasteiger partial charge in [-0.2, -0.15) is 0 Å². The number of hydrogen-bond acceptors (Lipinski definition) is 4. The van der Waals surface area contributed by atoms with E-state index in [4.69, 9.17) is 4.74 Å². The first kappa shape index (κ1) is 17.6. The fourth-order valence-electron chi connectivity index (χ4n) is 2.94. The largest absolute Gasteiger partial charge is 0.482 e. The van der Waals surface area contributed by atoms with Crippen molar-refractivity contribution in [2.75, 3.05) is 17.2 Å². The molecule has 0 unspecified atom stereocenters. The van der Waals surface area contributed by atoms with Crippen molar-refractivity contribution in [3.63, 3.8) is 0 Å². The van der Waals surface area contributed by atoms with Gasteiger partial charge in [0, 0.05) is 37.2 Å². The summed E-state index contributed by atoms with van der Waals surface area (Å²) in [7, 11) is 0. The maximum absolute atomic E-state index is 12.2. The van der Waals surface area contributed by atoms with Crippen molar-refractivity contribution in [3.8, 4) is 5.75 Å². The van der Waals surface area contributed by atoms with Gasteiger partial charge in [0.2, 0.25) is 0 Å². The van der Waals surface area contributed by atoms with Gasteiger partial charge in [-0.25, -0.2) is 9.78 Å². The van der Waals surface area contributed by atoms with Gasteiger partial charge in [0.25, 0.3) is 5.91 Å². The van der Waals surface area contributed by atoms with Crippen LogP contribution in [0.2, 0.25) is 0 Å². The predicted octanol–water partition coefficient (Wildman–Crippen LogP) is 2.58. The van der Waals surface area contributed by atoms with Crippen LogP contribution < -0.4 is 20.7 Å². The number of ether oxygens (including phenoxy) is 1. The molecule has 0 saturated heterocycles. The van der Waals surface area contributed by atoms with Gasteiger partial charge in [-0.05, 0) is 23.3 Å². The maximum Gasteiger partial charge on any atom is 0.319 e. The lowest BCUT2D eigenvalue weighted by molar-refractivity contribution is -0.118. The minimum absolute atomic E-state index is 0.0297. The second-order valence-corrected chi connectivity index (χ2v) is 6.41. The molecule has 2 aromatic carbocycles. The monoisotopic (exact) mass is 377 g/mol. The van der Waals surface area contributed by atoms with Gasteiger partial charge in [0.15, 0.2) is 6.61 Å². The Morgan fingerprint density at radius 1 is 1.21 bits per heavy atom. The number of hydrogen-bond donors (Lipinski definition) is 3. The van der Waals surface area contributed by atoms with Crippen LogP contribution in [0.4, 0.5) is 16.2 Å². The van der Waals surface area contributed by atoms with Crippen LogP contribution in [0.15, 0.2) is 61.2 Å². The molecule has 0 saturated carbocycles. The van der Waals surface area contributed by atoms with Gasteiger partial charge in [0.1, 0.15) is 5.75 Å². The molecule has 8 nitrogen and oxygen atoms in total. The van der Waals surface area contributed by atoms with Crippen LogP contribution >= 0.6 is 0 Å². The summed E-state index contributed by atoms with van der Waals surface area (Å²) in [5, 5.41) is 8.32. The highest BCUT2D eigenvalue weighted by Crippen LogP contribution is 2.30. The molecule has 3 amide bonds. The molecule has 4 rings (SSSR count). The molecule has 1 aliphatic rings. The third-order valence-electron chi connectivity index (χ3n) is 4.24. The van der Waals surface area contributed by atoms with E-state index in [0.717, 1.165) is 17.7 Å².